The van der Waals surface area contributed by atoms with Crippen molar-refractivity contribution in [1.29, 1.82) is 0 Å². The van der Waals surface area contributed by atoms with E-state index in [-0.39, 0.29) is 0 Å². The van der Waals surface area contributed by atoms with E-state index >= 15 is 0 Å². The van der Waals surface area contributed by atoms with Gasteiger partial charge in [-0.15, -0.1) is 0 Å². The minimum Gasteiger partial charge on any atom is -0.0859 e. The van der Waals surface area contributed by atoms with Gasteiger partial charge in [-0.1, -0.05) is 30.2 Å². The molecule has 0 rings (SSSR count). The predicted molar refractivity (Wildman–Crippen MR) is 52.7 cm³/mol. The molecule has 64 valence electrons. The van der Waals surface area contributed by atoms with Gasteiger partial charge in [0.05, 0.1) is 0 Å². The molecule has 0 aliphatic heterocycles. The fraction of sp³-hybridized carbons (Fsp3) is 0.636. The van der Waals surface area contributed by atoms with Crippen LogP contribution < -0.4 is 0 Å². The zero-order chi connectivity index (χ0) is 8.69. The third-order valence-electron chi connectivity index (χ3n) is 1.64. The summed E-state index contributed by atoms with van der Waals surface area (Å²) in [6, 6.07) is 0. The average molecular weight is 152 g/mol. The highest BCUT2D eigenvalue weighted by Gasteiger charge is 1.86. The summed E-state index contributed by atoms with van der Waals surface area (Å²) in [6.07, 6.45) is 8.19. The molecule has 0 spiro atoms. The van der Waals surface area contributed by atoms with Gasteiger partial charge in [0.2, 0.25) is 0 Å². The molecule has 0 amide bonds. The molecule has 0 unspecified atom stereocenters. The molecule has 0 atom stereocenters. The molecule has 11 heavy (non-hydrogen) atoms. The van der Waals surface area contributed by atoms with Crippen molar-refractivity contribution in [3.63, 3.8) is 0 Å². The van der Waals surface area contributed by atoms with Crippen LogP contribution in [0.4, 0.5) is 0 Å². The third-order valence-corrected chi connectivity index (χ3v) is 1.64. The molecule has 0 aliphatic carbocycles. The molecule has 0 heteroatoms. The van der Waals surface area contributed by atoms with Crippen LogP contribution in [0.1, 0.15) is 47.0 Å². The Kier molecular flexibility index (Phi) is 5.91. The summed E-state index contributed by atoms with van der Waals surface area (Å²) in [6.45, 7) is 8.70. The summed E-state index contributed by atoms with van der Waals surface area (Å²) in [5, 5.41) is 0. The number of rotatable bonds is 4. The molecule has 0 aromatic carbocycles. The van der Waals surface area contributed by atoms with E-state index in [1.54, 1.807) is 0 Å². The van der Waals surface area contributed by atoms with E-state index in [4.69, 9.17) is 0 Å². The minimum atomic E-state index is 1.17. The number of hydrogen-bond acceptors (Lipinski definition) is 0. The van der Waals surface area contributed by atoms with Crippen LogP contribution >= 0.6 is 0 Å². The maximum absolute atomic E-state index is 2.30. The normalized spacial score (nSPS) is 11.5. The summed E-state index contributed by atoms with van der Waals surface area (Å²) < 4.78 is 0. The molecular formula is C11H20. The topological polar surface area (TPSA) is 0 Å². The number of hydrogen-bond donors (Lipinski definition) is 0. The van der Waals surface area contributed by atoms with Gasteiger partial charge in [0.15, 0.2) is 0 Å². The largest absolute Gasteiger partial charge is 0.0859 e. The smallest absolute Gasteiger partial charge is 0.0288 e. The summed E-state index contributed by atoms with van der Waals surface area (Å²) in [4.78, 5) is 0. The van der Waals surface area contributed by atoms with E-state index < -0.39 is 0 Å². The molecule has 0 heterocycles. The lowest BCUT2D eigenvalue weighted by atomic mass is 10.1. The van der Waals surface area contributed by atoms with E-state index in [0.717, 1.165) is 0 Å². The fourth-order valence-corrected chi connectivity index (χ4v) is 1.04. The average Bonchev–Trinajstić information content (AvgIpc) is 1.87. The van der Waals surface area contributed by atoms with Gasteiger partial charge < -0.3 is 0 Å². The molecule has 0 aliphatic rings. The van der Waals surface area contributed by atoms with Gasteiger partial charge in [-0.3, -0.25) is 0 Å². The molecular weight excluding hydrogens is 132 g/mol. The molecule has 0 aromatic rings. The van der Waals surface area contributed by atoms with Crippen LogP contribution in [0.2, 0.25) is 0 Å². The van der Waals surface area contributed by atoms with Crippen LogP contribution in [-0.2, 0) is 0 Å². The highest BCUT2D eigenvalue weighted by atomic mass is 13.9. The Hall–Kier alpha value is -0.520. The van der Waals surface area contributed by atoms with Crippen molar-refractivity contribution in [1.82, 2.24) is 0 Å². The molecule has 0 bridgehead atoms. The van der Waals surface area contributed by atoms with Gasteiger partial charge in [-0.2, -0.15) is 0 Å². The molecule has 0 N–H and O–H groups in total. The fourth-order valence-electron chi connectivity index (χ4n) is 1.04. The molecule has 0 radical (unpaired) electrons. The van der Waals surface area contributed by atoms with Crippen molar-refractivity contribution in [2.75, 3.05) is 0 Å². The zero-order valence-corrected chi connectivity index (χ0v) is 8.28. The summed E-state index contributed by atoms with van der Waals surface area (Å²) >= 11 is 0. The molecule has 0 aromatic heterocycles. The first kappa shape index (κ1) is 10.5. The SMILES string of the molecule is CCC=C(C)CCC=C(C)C. The molecule has 0 fully saturated rings. The van der Waals surface area contributed by atoms with Crippen molar-refractivity contribution in [3.8, 4) is 0 Å². The Bertz CT molecular complexity index is 145. The van der Waals surface area contributed by atoms with Crippen LogP contribution in [0.5, 0.6) is 0 Å². The molecule has 0 saturated carbocycles. The lowest BCUT2D eigenvalue weighted by Gasteiger charge is -1.96. The quantitative estimate of drug-likeness (QED) is 0.532. The summed E-state index contributed by atoms with van der Waals surface area (Å²) in [7, 11) is 0. The van der Waals surface area contributed by atoms with Crippen molar-refractivity contribution in [2.24, 2.45) is 0 Å². The Morgan fingerprint density at radius 1 is 1.09 bits per heavy atom. The second-order valence-corrected chi connectivity index (χ2v) is 3.28. The van der Waals surface area contributed by atoms with Gasteiger partial charge in [0.25, 0.3) is 0 Å². The van der Waals surface area contributed by atoms with E-state index in [1.807, 2.05) is 0 Å². The Morgan fingerprint density at radius 3 is 2.18 bits per heavy atom. The van der Waals surface area contributed by atoms with Gasteiger partial charge in [0.1, 0.15) is 0 Å². The lowest BCUT2D eigenvalue weighted by molar-refractivity contribution is 0.952. The Balaban J connectivity index is 3.54. The van der Waals surface area contributed by atoms with Crippen molar-refractivity contribution >= 4 is 0 Å². The third kappa shape index (κ3) is 7.38. The van der Waals surface area contributed by atoms with Gasteiger partial charge in [-0.05, 0) is 40.0 Å². The van der Waals surface area contributed by atoms with Crippen molar-refractivity contribution < 1.29 is 0 Å². The van der Waals surface area contributed by atoms with Crippen LogP contribution in [0.15, 0.2) is 23.3 Å². The van der Waals surface area contributed by atoms with E-state index in [9.17, 15) is 0 Å². The predicted octanol–water partition coefficient (Wildman–Crippen LogP) is 4.09. The molecule has 0 saturated heterocycles. The van der Waals surface area contributed by atoms with E-state index in [1.165, 1.54) is 30.4 Å². The maximum atomic E-state index is 2.30. The minimum absolute atomic E-state index is 1.17. The summed E-state index contributed by atoms with van der Waals surface area (Å²) in [5.41, 5.74) is 2.94. The summed E-state index contributed by atoms with van der Waals surface area (Å²) in [5.74, 6) is 0. The first-order valence-electron chi connectivity index (χ1n) is 4.45. The highest BCUT2D eigenvalue weighted by molar-refractivity contribution is 5.01. The standard InChI is InChI=1S/C11H20/c1-5-7-11(4)9-6-8-10(2)3/h7-8H,5-6,9H2,1-4H3. The first-order valence-corrected chi connectivity index (χ1v) is 4.45. The van der Waals surface area contributed by atoms with Crippen molar-refractivity contribution in [3.05, 3.63) is 23.3 Å². The van der Waals surface area contributed by atoms with Crippen LogP contribution in [-0.4, -0.2) is 0 Å². The lowest BCUT2D eigenvalue weighted by Crippen LogP contribution is -1.76. The Morgan fingerprint density at radius 2 is 1.73 bits per heavy atom. The second-order valence-electron chi connectivity index (χ2n) is 3.28. The van der Waals surface area contributed by atoms with Gasteiger partial charge in [-0.25, -0.2) is 0 Å². The van der Waals surface area contributed by atoms with Gasteiger partial charge >= 0.3 is 0 Å². The first-order chi connectivity index (χ1) is 5.16. The highest BCUT2D eigenvalue weighted by Crippen LogP contribution is 2.06. The number of allylic oxidation sites excluding steroid dienone is 4. The Labute approximate surface area is 71.0 Å². The van der Waals surface area contributed by atoms with E-state index in [2.05, 4.69) is 39.8 Å². The van der Waals surface area contributed by atoms with E-state index in [0.29, 0.717) is 0 Å². The van der Waals surface area contributed by atoms with Crippen LogP contribution in [0, 0.1) is 0 Å². The maximum Gasteiger partial charge on any atom is -0.0288 e. The van der Waals surface area contributed by atoms with Crippen LogP contribution in [0.25, 0.3) is 0 Å². The van der Waals surface area contributed by atoms with Crippen LogP contribution in [0.3, 0.4) is 0 Å². The zero-order valence-electron chi connectivity index (χ0n) is 8.28. The van der Waals surface area contributed by atoms with Gasteiger partial charge in [0, 0.05) is 0 Å². The monoisotopic (exact) mass is 152 g/mol. The van der Waals surface area contributed by atoms with Crippen molar-refractivity contribution in [2.45, 2.75) is 47.0 Å². The second kappa shape index (κ2) is 6.21. The molecule has 0 nitrogen and oxygen atoms in total.